The molecular weight excluding hydrogens is 184 g/mol. The van der Waals surface area contributed by atoms with Crippen LogP contribution in [0.25, 0.3) is 5.52 Å². The minimum Gasteiger partial charge on any atom is -0.382 e. The minimum atomic E-state index is -1.12. The molecule has 2 rings (SSSR count). The van der Waals surface area contributed by atoms with Gasteiger partial charge in [0.2, 0.25) is 0 Å². The topological polar surface area (TPSA) is 83.3 Å². The predicted molar refractivity (Wildman–Crippen MR) is 48.9 cm³/mol. The van der Waals surface area contributed by atoms with Crippen LogP contribution in [-0.2, 0) is 5.60 Å². The molecule has 0 radical (unpaired) electrons. The van der Waals surface area contributed by atoms with E-state index < -0.39 is 5.60 Å². The van der Waals surface area contributed by atoms with E-state index in [9.17, 15) is 9.90 Å². The molecule has 74 valence electrons. The molecule has 0 fully saturated rings. The van der Waals surface area contributed by atoms with E-state index in [1.54, 1.807) is 13.8 Å². The summed E-state index contributed by atoms with van der Waals surface area (Å²) in [5.41, 5.74) is -1.07. The Morgan fingerprint density at radius 2 is 2.29 bits per heavy atom. The van der Waals surface area contributed by atoms with Gasteiger partial charge in [0.05, 0.1) is 6.20 Å². The molecule has 0 bridgehead atoms. The molecule has 2 aromatic heterocycles. The van der Waals surface area contributed by atoms with E-state index >= 15 is 0 Å². The SMILES string of the molecule is CC(C)(O)c1ncc2c(=O)[nH]cnn12. The van der Waals surface area contributed by atoms with Crippen molar-refractivity contribution in [2.45, 2.75) is 19.4 Å². The van der Waals surface area contributed by atoms with E-state index in [-0.39, 0.29) is 5.56 Å². The van der Waals surface area contributed by atoms with E-state index in [4.69, 9.17) is 0 Å². The maximum absolute atomic E-state index is 11.3. The summed E-state index contributed by atoms with van der Waals surface area (Å²) in [6.45, 7) is 3.18. The summed E-state index contributed by atoms with van der Waals surface area (Å²) in [5, 5.41) is 13.6. The summed E-state index contributed by atoms with van der Waals surface area (Å²) >= 11 is 0. The number of fused-ring (bicyclic) bond motifs is 1. The van der Waals surface area contributed by atoms with Crippen LogP contribution in [0.4, 0.5) is 0 Å². The van der Waals surface area contributed by atoms with Crippen molar-refractivity contribution in [2.24, 2.45) is 0 Å². The second kappa shape index (κ2) is 2.65. The van der Waals surface area contributed by atoms with E-state index in [1.165, 1.54) is 17.0 Å². The number of aromatic amines is 1. The second-order valence-corrected chi connectivity index (χ2v) is 3.56. The first kappa shape index (κ1) is 8.89. The van der Waals surface area contributed by atoms with Gasteiger partial charge >= 0.3 is 0 Å². The molecule has 0 aromatic carbocycles. The van der Waals surface area contributed by atoms with Gasteiger partial charge in [-0.05, 0) is 13.8 Å². The highest BCUT2D eigenvalue weighted by molar-refractivity contribution is 5.42. The highest BCUT2D eigenvalue weighted by atomic mass is 16.3. The first-order valence-corrected chi connectivity index (χ1v) is 4.14. The molecular formula is C8H10N4O2. The number of nitrogens with one attached hydrogen (secondary N) is 1. The Balaban J connectivity index is 2.83. The maximum Gasteiger partial charge on any atom is 0.276 e. The van der Waals surface area contributed by atoms with Gasteiger partial charge < -0.3 is 10.1 Å². The molecule has 2 aromatic rings. The monoisotopic (exact) mass is 194 g/mol. The number of nitrogens with zero attached hydrogens (tertiary/aromatic N) is 3. The van der Waals surface area contributed by atoms with Crippen molar-refractivity contribution in [3.8, 4) is 0 Å². The lowest BCUT2D eigenvalue weighted by molar-refractivity contribution is 0.0669. The highest BCUT2D eigenvalue weighted by Crippen LogP contribution is 2.16. The fraction of sp³-hybridized carbons (Fsp3) is 0.375. The molecule has 0 spiro atoms. The molecule has 2 heterocycles. The van der Waals surface area contributed by atoms with Gasteiger partial charge in [-0.25, -0.2) is 9.50 Å². The average Bonchev–Trinajstić information content (AvgIpc) is 2.47. The van der Waals surface area contributed by atoms with Crippen molar-refractivity contribution in [2.75, 3.05) is 0 Å². The third-order valence-electron chi connectivity index (χ3n) is 1.89. The fourth-order valence-corrected chi connectivity index (χ4v) is 1.25. The van der Waals surface area contributed by atoms with Crippen LogP contribution in [0, 0.1) is 0 Å². The molecule has 0 saturated carbocycles. The van der Waals surface area contributed by atoms with Gasteiger partial charge in [0.15, 0.2) is 11.3 Å². The number of aromatic nitrogens is 4. The van der Waals surface area contributed by atoms with E-state index in [1.807, 2.05) is 0 Å². The van der Waals surface area contributed by atoms with Gasteiger partial charge in [-0.2, -0.15) is 5.10 Å². The van der Waals surface area contributed by atoms with Crippen LogP contribution in [0.2, 0.25) is 0 Å². The quantitative estimate of drug-likeness (QED) is 0.649. The Kier molecular flexibility index (Phi) is 1.68. The number of rotatable bonds is 1. The van der Waals surface area contributed by atoms with Crippen molar-refractivity contribution in [1.82, 2.24) is 19.6 Å². The Hall–Kier alpha value is -1.69. The molecule has 0 aliphatic carbocycles. The molecule has 14 heavy (non-hydrogen) atoms. The van der Waals surface area contributed by atoms with E-state index in [0.717, 1.165) is 0 Å². The van der Waals surface area contributed by atoms with Crippen LogP contribution < -0.4 is 5.56 Å². The van der Waals surface area contributed by atoms with Crippen LogP contribution in [0.3, 0.4) is 0 Å². The molecule has 0 aliphatic heterocycles. The number of H-pyrrole nitrogens is 1. The van der Waals surface area contributed by atoms with Gasteiger partial charge in [0, 0.05) is 0 Å². The number of hydrogen-bond acceptors (Lipinski definition) is 4. The van der Waals surface area contributed by atoms with Gasteiger partial charge in [0.25, 0.3) is 5.56 Å². The van der Waals surface area contributed by atoms with Crippen molar-refractivity contribution in [1.29, 1.82) is 0 Å². The normalized spacial score (nSPS) is 12.2. The van der Waals surface area contributed by atoms with Crippen LogP contribution in [0.15, 0.2) is 17.3 Å². The summed E-state index contributed by atoms with van der Waals surface area (Å²) in [6, 6.07) is 0. The van der Waals surface area contributed by atoms with Gasteiger partial charge in [-0.3, -0.25) is 4.79 Å². The maximum atomic E-state index is 11.3. The Morgan fingerprint density at radius 3 is 2.93 bits per heavy atom. The van der Waals surface area contributed by atoms with Crippen molar-refractivity contribution < 1.29 is 5.11 Å². The number of hydrogen-bond donors (Lipinski definition) is 2. The third-order valence-corrected chi connectivity index (χ3v) is 1.89. The Labute approximate surface area is 79.2 Å². The first-order chi connectivity index (χ1) is 6.50. The van der Waals surface area contributed by atoms with Crippen LogP contribution in [0.5, 0.6) is 0 Å². The fourth-order valence-electron chi connectivity index (χ4n) is 1.25. The van der Waals surface area contributed by atoms with Crippen molar-refractivity contribution in [3.63, 3.8) is 0 Å². The lowest BCUT2D eigenvalue weighted by atomic mass is 10.1. The van der Waals surface area contributed by atoms with Crippen LogP contribution in [0.1, 0.15) is 19.7 Å². The molecule has 6 nitrogen and oxygen atoms in total. The predicted octanol–water partition coefficient (Wildman–Crippen LogP) is -0.355. The summed E-state index contributed by atoms with van der Waals surface area (Å²) in [7, 11) is 0. The first-order valence-electron chi connectivity index (χ1n) is 4.14. The second-order valence-electron chi connectivity index (χ2n) is 3.56. The van der Waals surface area contributed by atoms with E-state index in [0.29, 0.717) is 11.3 Å². The summed E-state index contributed by atoms with van der Waals surface area (Å²) < 4.78 is 1.33. The molecule has 0 unspecified atom stereocenters. The highest BCUT2D eigenvalue weighted by Gasteiger charge is 2.23. The Bertz CT molecular complexity index is 520. The molecule has 0 aliphatic rings. The largest absolute Gasteiger partial charge is 0.382 e. The van der Waals surface area contributed by atoms with Crippen LogP contribution in [-0.4, -0.2) is 24.7 Å². The number of aliphatic hydroxyl groups is 1. The molecule has 0 amide bonds. The smallest absolute Gasteiger partial charge is 0.276 e. The average molecular weight is 194 g/mol. The standard InChI is InChI=1S/C8H10N4O2/c1-8(2,14)7-9-3-5-6(13)10-4-11-12(5)7/h3-4,14H,1-2H3,(H,10,11,13). The van der Waals surface area contributed by atoms with Crippen LogP contribution >= 0.6 is 0 Å². The Morgan fingerprint density at radius 1 is 1.57 bits per heavy atom. The van der Waals surface area contributed by atoms with Crippen molar-refractivity contribution >= 4 is 5.52 Å². The lowest BCUT2D eigenvalue weighted by Gasteiger charge is -2.14. The van der Waals surface area contributed by atoms with Gasteiger partial charge in [0.1, 0.15) is 11.9 Å². The van der Waals surface area contributed by atoms with E-state index in [2.05, 4.69) is 15.1 Å². The lowest BCUT2D eigenvalue weighted by Crippen LogP contribution is -2.22. The molecule has 0 saturated heterocycles. The molecule has 2 N–H and O–H groups in total. The van der Waals surface area contributed by atoms with Crippen molar-refractivity contribution in [3.05, 3.63) is 28.7 Å². The van der Waals surface area contributed by atoms with Gasteiger partial charge in [-0.1, -0.05) is 0 Å². The summed E-state index contributed by atoms with van der Waals surface area (Å²) in [5.74, 6) is 0.346. The summed E-state index contributed by atoms with van der Waals surface area (Å²) in [6.07, 6.45) is 2.66. The van der Waals surface area contributed by atoms with Gasteiger partial charge in [-0.15, -0.1) is 0 Å². The molecule has 6 heteroatoms. The summed E-state index contributed by atoms with van der Waals surface area (Å²) in [4.78, 5) is 17.7. The zero-order valence-electron chi connectivity index (χ0n) is 7.85. The zero-order chi connectivity index (χ0) is 10.3. The number of imidazole rings is 1. The zero-order valence-corrected chi connectivity index (χ0v) is 7.85. The molecule has 0 atom stereocenters. The minimum absolute atomic E-state index is 0.275. The third kappa shape index (κ3) is 1.20.